The standard InChI is InChI=1S/C22H30N2O5Si/c1-7-27-21(26)19(16-11-9-8-10-12-16)23-24-20(25)18-14-13-17(29-18)15-28-30(5,6)22(2,3)4/h8-14H,7,15H2,1-6H3,(H,24,25)/b23-19+. The van der Waals surface area contributed by atoms with E-state index in [-0.39, 0.29) is 23.1 Å². The van der Waals surface area contributed by atoms with Crippen molar-refractivity contribution in [2.24, 2.45) is 5.10 Å². The highest BCUT2D eigenvalue weighted by Gasteiger charge is 2.37. The number of nitrogens with zero attached hydrogens (tertiary/aromatic N) is 1. The van der Waals surface area contributed by atoms with E-state index in [1.807, 2.05) is 6.07 Å². The third-order valence-electron chi connectivity index (χ3n) is 5.05. The van der Waals surface area contributed by atoms with Gasteiger partial charge in [-0.2, -0.15) is 5.10 Å². The number of nitrogens with one attached hydrogen (secondary N) is 1. The van der Waals surface area contributed by atoms with Crippen molar-refractivity contribution in [3.05, 3.63) is 59.5 Å². The predicted octanol–water partition coefficient (Wildman–Crippen LogP) is 4.50. The van der Waals surface area contributed by atoms with Crippen LogP contribution >= 0.6 is 0 Å². The van der Waals surface area contributed by atoms with Crippen LogP contribution in [0.25, 0.3) is 0 Å². The zero-order valence-electron chi connectivity index (χ0n) is 18.4. The molecule has 1 heterocycles. The molecule has 0 saturated heterocycles. The number of amides is 1. The minimum atomic E-state index is -1.93. The molecule has 0 bridgehead atoms. The summed E-state index contributed by atoms with van der Waals surface area (Å²) < 4.78 is 16.7. The van der Waals surface area contributed by atoms with Crippen LogP contribution in [0.3, 0.4) is 0 Å². The van der Waals surface area contributed by atoms with Crippen molar-refractivity contribution < 1.29 is 23.2 Å². The normalized spacial score (nSPS) is 12.5. The van der Waals surface area contributed by atoms with Crippen molar-refractivity contribution in [1.29, 1.82) is 0 Å². The molecule has 0 fully saturated rings. The summed E-state index contributed by atoms with van der Waals surface area (Å²) in [5.41, 5.74) is 2.92. The van der Waals surface area contributed by atoms with E-state index in [1.165, 1.54) is 0 Å². The van der Waals surface area contributed by atoms with Crippen LogP contribution in [0.1, 0.15) is 49.6 Å². The lowest BCUT2D eigenvalue weighted by atomic mass is 10.1. The first-order chi connectivity index (χ1) is 14.0. The van der Waals surface area contributed by atoms with Crippen molar-refractivity contribution in [2.75, 3.05) is 6.61 Å². The van der Waals surface area contributed by atoms with Crippen molar-refractivity contribution in [3.63, 3.8) is 0 Å². The lowest BCUT2D eigenvalue weighted by molar-refractivity contribution is -0.134. The Morgan fingerprint density at radius 3 is 2.37 bits per heavy atom. The molecule has 162 valence electrons. The van der Waals surface area contributed by atoms with E-state index in [9.17, 15) is 9.59 Å². The van der Waals surface area contributed by atoms with Gasteiger partial charge in [-0.05, 0) is 37.2 Å². The van der Waals surface area contributed by atoms with Gasteiger partial charge in [0.15, 0.2) is 19.8 Å². The maximum absolute atomic E-state index is 12.4. The van der Waals surface area contributed by atoms with E-state index in [2.05, 4.69) is 44.4 Å². The van der Waals surface area contributed by atoms with Crippen molar-refractivity contribution >= 4 is 25.9 Å². The molecule has 0 unspecified atom stereocenters. The third kappa shape index (κ3) is 6.14. The molecule has 1 N–H and O–H groups in total. The van der Waals surface area contributed by atoms with E-state index in [4.69, 9.17) is 13.6 Å². The molecule has 0 spiro atoms. The zero-order chi connectivity index (χ0) is 22.4. The smallest absolute Gasteiger partial charge is 0.359 e. The van der Waals surface area contributed by atoms with Gasteiger partial charge in [0.05, 0.1) is 13.2 Å². The molecule has 2 rings (SSSR count). The molecule has 0 radical (unpaired) electrons. The third-order valence-corrected chi connectivity index (χ3v) is 9.53. The fourth-order valence-corrected chi connectivity index (χ4v) is 3.17. The Kier molecular flexibility index (Phi) is 7.75. The Hall–Kier alpha value is -2.71. The summed E-state index contributed by atoms with van der Waals surface area (Å²) >= 11 is 0. The summed E-state index contributed by atoms with van der Waals surface area (Å²) in [6.07, 6.45) is 0. The maximum atomic E-state index is 12.4. The van der Waals surface area contributed by atoms with Crippen molar-refractivity contribution in [2.45, 2.75) is 52.4 Å². The van der Waals surface area contributed by atoms with Crippen LogP contribution in [0.2, 0.25) is 18.1 Å². The molecule has 0 aliphatic rings. The molecular formula is C22H30N2O5Si. The first-order valence-electron chi connectivity index (χ1n) is 9.88. The molecule has 1 aromatic carbocycles. The van der Waals surface area contributed by atoms with Crippen LogP contribution in [0, 0.1) is 0 Å². The Morgan fingerprint density at radius 1 is 1.10 bits per heavy atom. The number of furan rings is 1. The average Bonchev–Trinajstić information content (AvgIpc) is 3.16. The van der Waals surface area contributed by atoms with E-state index < -0.39 is 20.2 Å². The summed E-state index contributed by atoms with van der Waals surface area (Å²) in [5.74, 6) is -0.537. The summed E-state index contributed by atoms with van der Waals surface area (Å²) in [4.78, 5) is 24.7. The molecule has 2 aromatic rings. The molecule has 0 atom stereocenters. The number of carbonyl (C=O) groups is 2. The second-order valence-electron chi connectivity index (χ2n) is 8.30. The average molecular weight is 431 g/mol. The summed E-state index contributed by atoms with van der Waals surface area (Å²) in [6, 6.07) is 12.1. The fourth-order valence-electron chi connectivity index (χ4n) is 2.23. The zero-order valence-corrected chi connectivity index (χ0v) is 19.4. The molecule has 1 amide bonds. The van der Waals surface area contributed by atoms with Gasteiger partial charge in [0.2, 0.25) is 0 Å². The van der Waals surface area contributed by atoms with Crippen molar-refractivity contribution in [1.82, 2.24) is 5.43 Å². The topological polar surface area (TPSA) is 90.1 Å². The predicted molar refractivity (Wildman–Crippen MR) is 118 cm³/mol. The number of benzene rings is 1. The van der Waals surface area contributed by atoms with E-state index >= 15 is 0 Å². The highest BCUT2D eigenvalue weighted by atomic mass is 28.4. The highest BCUT2D eigenvalue weighted by Crippen LogP contribution is 2.37. The Morgan fingerprint density at radius 2 is 1.77 bits per heavy atom. The van der Waals surface area contributed by atoms with Crippen molar-refractivity contribution in [3.8, 4) is 0 Å². The van der Waals surface area contributed by atoms with Gasteiger partial charge in [0.1, 0.15) is 5.76 Å². The SMILES string of the molecule is CCOC(=O)/C(=N/NC(=O)c1ccc(CO[Si](C)(C)C(C)(C)C)o1)c1ccccc1. The summed E-state index contributed by atoms with van der Waals surface area (Å²) in [7, 11) is -1.93. The van der Waals surface area contributed by atoms with Gasteiger partial charge in [0, 0.05) is 5.56 Å². The van der Waals surface area contributed by atoms with Crippen LogP contribution in [0.5, 0.6) is 0 Å². The van der Waals surface area contributed by atoms with E-state index in [0.717, 1.165) is 0 Å². The second-order valence-corrected chi connectivity index (χ2v) is 13.1. The molecular weight excluding hydrogens is 400 g/mol. The van der Waals surface area contributed by atoms with Crippen LogP contribution < -0.4 is 5.43 Å². The van der Waals surface area contributed by atoms with Gasteiger partial charge in [-0.1, -0.05) is 51.1 Å². The minimum Gasteiger partial charge on any atom is -0.461 e. The molecule has 30 heavy (non-hydrogen) atoms. The van der Waals surface area contributed by atoms with Gasteiger partial charge in [0.25, 0.3) is 0 Å². The van der Waals surface area contributed by atoms with Crippen LogP contribution in [0.4, 0.5) is 0 Å². The van der Waals surface area contributed by atoms with Gasteiger partial charge < -0.3 is 13.6 Å². The molecule has 0 aliphatic carbocycles. The van der Waals surface area contributed by atoms with Gasteiger partial charge in [-0.3, -0.25) is 4.79 Å². The lowest BCUT2D eigenvalue weighted by Crippen LogP contribution is -2.40. The molecule has 1 aromatic heterocycles. The summed E-state index contributed by atoms with van der Waals surface area (Å²) in [5, 5.41) is 4.05. The maximum Gasteiger partial charge on any atom is 0.359 e. The number of esters is 1. The van der Waals surface area contributed by atoms with Gasteiger partial charge in [-0.15, -0.1) is 0 Å². The lowest BCUT2D eigenvalue weighted by Gasteiger charge is -2.35. The van der Waals surface area contributed by atoms with Crippen LogP contribution in [0.15, 0.2) is 52.0 Å². The largest absolute Gasteiger partial charge is 0.461 e. The van der Waals surface area contributed by atoms with E-state index in [0.29, 0.717) is 17.9 Å². The van der Waals surface area contributed by atoms with E-state index in [1.54, 1.807) is 43.3 Å². The number of hydrazone groups is 1. The Labute approximate surface area is 178 Å². The Balaban J connectivity index is 2.09. The Bertz CT molecular complexity index is 898. The van der Waals surface area contributed by atoms with Crippen LogP contribution in [-0.4, -0.2) is 32.5 Å². The first-order valence-corrected chi connectivity index (χ1v) is 12.8. The number of hydrogen-bond acceptors (Lipinski definition) is 6. The quantitative estimate of drug-likeness (QED) is 0.288. The number of hydrogen-bond donors (Lipinski definition) is 1. The fraction of sp³-hybridized carbons (Fsp3) is 0.409. The number of ether oxygens (including phenoxy) is 1. The van der Waals surface area contributed by atoms with Gasteiger partial charge in [-0.25, -0.2) is 10.2 Å². The van der Waals surface area contributed by atoms with Crippen LogP contribution in [-0.2, 0) is 20.6 Å². The minimum absolute atomic E-state index is 0.0128. The number of rotatable bonds is 8. The second kappa shape index (κ2) is 9.86. The monoisotopic (exact) mass is 430 g/mol. The van der Waals surface area contributed by atoms with Gasteiger partial charge >= 0.3 is 11.9 Å². The molecule has 0 saturated carbocycles. The highest BCUT2D eigenvalue weighted by molar-refractivity contribution is 6.74. The first kappa shape index (κ1) is 23.6. The molecule has 8 heteroatoms. The molecule has 7 nitrogen and oxygen atoms in total. The number of carbonyl (C=O) groups excluding carboxylic acids is 2. The molecule has 0 aliphatic heterocycles. The summed E-state index contributed by atoms with van der Waals surface area (Å²) in [6.45, 7) is 13.0.